The smallest absolute Gasteiger partial charge is 0.267 e. The van der Waals surface area contributed by atoms with Crippen LogP contribution < -0.4 is 15.7 Å². The number of halogens is 1. The maximum absolute atomic E-state index is 13.6. The lowest BCUT2D eigenvalue weighted by Gasteiger charge is -2.11. The lowest BCUT2D eigenvalue weighted by Crippen LogP contribution is -2.24. The number of anilines is 2. The van der Waals surface area contributed by atoms with E-state index in [0.29, 0.717) is 22.2 Å². The topological polar surface area (TPSA) is 94.2 Å². The molecule has 0 aliphatic rings. The number of amides is 1. The second-order valence-corrected chi connectivity index (χ2v) is 8.70. The highest BCUT2D eigenvalue weighted by molar-refractivity contribution is 7.15. The predicted molar refractivity (Wildman–Crippen MR) is 115 cm³/mol. The first kappa shape index (κ1) is 21.9. The first-order valence-electron chi connectivity index (χ1n) is 9.51. The molecule has 1 aromatic carbocycles. The van der Waals surface area contributed by atoms with Crippen LogP contribution in [0.5, 0.6) is 0 Å². The zero-order valence-corrected chi connectivity index (χ0v) is 18.0. The Kier molecular flexibility index (Phi) is 7.53. The molecule has 3 rings (SSSR count). The Balaban J connectivity index is 1.59. The van der Waals surface area contributed by atoms with E-state index in [0.717, 1.165) is 35.4 Å². The Morgan fingerprint density at radius 2 is 2.07 bits per heavy atom. The van der Waals surface area contributed by atoms with Crippen LogP contribution in [0.25, 0.3) is 0 Å². The number of carbonyl (C=O) groups excluding carboxylic acids is 2. The van der Waals surface area contributed by atoms with Gasteiger partial charge in [0.15, 0.2) is 5.13 Å². The molecule has 0 aliphatic carbocycles. The van der Waals surface area contributed by atoms with Crippen molar-refractivity contribution < 1.29 is 19.1 Å². The van der Waals surface area contributed by atoms with Gasteiger partial charge < -0.3 is 15.2 Å². The molecule has 0 saturated heterocycles. The number of nitrogens with zero attached hydrogens (tertiary/aromatic N) is 1. The second kappa shape index (κ2) is 10.3. The summed E-state index contributed by atoms with van der Waals surface area (Å²) in [4.78, 5) is 28.6. The number of thiophene rings is 1. The molecule has 3 aromatic rings. The maximum atomic E-state index is 13.6. The van der Waals surface area contributed by atoms with Gasteiger partial charge in [0.05, 0.1) is 10.6 Å². The van der Waals surface area contributed by atoms with Crippen molar-refractivity contribution in [3.05, 3.63) is 62.5 Å². The van der Waals surface area contributed by atoms with E-state index >= 15 is 0 Å². The summed E-state index contributed by atoms with van der Waals surface area (Å²) in [6.45, 7) is 2.62. The van der Waals surface area contributed by atoms with Gasteiger partial charge in [-0.25, -0.2) is 9.37 Å². The van der Waals surface area contributed by atoms with E-state index in [1.807, 2.05) is 6.07 Å². The first-order chi connectivity index (χ1) is 14.4. The van der Waals surface area contributed by atoms with Gasteiger partial charge in [-0.1, -0.05) is 13.3 Å². The number of carboxylic acid groups (broad SMARTS) is 1. The minimum Gasteiger partial charge on any atom is -0.550 e. The molecule has 6 nitrogen and oxygen atoms in total. The van der Waals surface area contributed by atoms with Crippen LogP contribution in [0.15, 0.2) is 35.7 Å². The number of hydrogen-bond donors (Lipinski definition) is 2. The molecule has 0 atom stereocenters. The van der Waals surface area contributed by atoms with Gasteiger partial charge in [-0.2, -0.15) is 0 Å². The van der Waals surface area contributed by atoms with Crippen molar-refractivity contribution in [2.75, 3.05) is 10.6 Å². The number of aryl methyl sites for hydroxylation is 1. The molecule has 30 heavy (non-hydrogen) atoms. The Bertz CT molecular complexity index is 1030. The molecule has 158 valence electrons. The van der Waals surface area contributed by atoms with Gasteiger partial charge in [0.1, 0.15) is 5.82 Å². The molecule has 2 heterocycles. The van der Waals surface area contributed by atoms with Gasteiger partial charge in [-0.3, -0.25) is 10.1 Å². The van der Waals surface area contributed by atoms with E-state index in [4.69, 9.17) is 0 Å². The van der Waals surface area contributed by atoms with Gasteiger partial charge in [0, 0.05) is 34.9 Å². The van der Waals surface area contributed by atoms with Crippen LogP contribution in [0, 0.1) is 5.82 Å². The van der Waals surface area contributed by atoms with Crippen molar-refractivity contribution in [1.29, 1.82) is 0 Å². The van der Waals surface area contributed by atoms with Crippen LogP contribution in [0.3, 0.4) is 0 Å². The number of nitrogens with one attached hydrogen (secondary N) is 2. The highest BCUT2D eigenvalue weighted by atomic mass is 32.1. The molecule has 0 radical (unpaired) electrons. The van der Waals surface area contributed by atoms with E-state index in [1.54, 1.807) is 23.6 Å². The fourth-order valence-corrected chi connectivity index (χ4v) is 4.39. The molecule has 2 N–H and O–H groups in total. The van der Waals surface area contributed by atoms with Crippen molar-refractivity contribution in [2.45, 2.75) is 39.2 Å². The normalized spacial score (nSPS) is 10.7. The van der Waals surface area contributed by atoms with Crippen LogP contribution in [0.2, 0.25) is 0 Å². The van der Waals surface area contributed by atoms with Crippen LogP contribution >= 0.6 is 22.7 Å². The van der Waals surface area contributed by atoms with Crippen molar-refractivity contribution in [3.8, 4) is 0 Å². The van der Waals surface area contributed by atoms with Crippen LogP contribution in [-0.4, -0.2) is 16.9 Å². The van der Waals surface area contributed by atoms with Gasteiger partial charge in [-0.15, -0.1) is 22.7 Å². The summed E-state index contributed by atoms with van der Waals surface area (Å²) < 4.78 is 13.6. The van der Waals surface area contributed by atoms with Crippen molar-refractivity contribution in [2.24, 2.45) is 0 Å². The highest BCUT2D eigenvalue weighted by Crippen LogP contribution is 2.24. The SMILES string of the molecule is CCCCc1cc(F)ccc1NCc1ccc(C(=O)Nc2nc(CC(=O)[O-])cs2)s1. The number of thiazole rings is 1. The molecule has 2 aromatic heterocycles. The number of aliphatic carboxylic acids is 1. The number of carboxylic acids is 1. The van der Waals surface area contributed by atoms with Gasteiger partial charge in [0.25, 0.3) is 5.91 Å². The monoisotopic (exact) mass is 446 g/mol. The fraction of sp³-hybridized carbons (Fsp3) is 0.286. The third-order valence-corrected chi connectivity index (χ3v) is 6.19. The van der Waals surface area contributed by atoms with Crippen molar-refractivity contribution >= 4 is 45.4 Å². The lowest BCUT2D eigenvalue weighted by molar-refractivity contribution is -0.304. The van der Waals surface area contributed by atoms with Crippen molar-refractivity contribution in [1.82, 2.24) is 4.98 Å². The van der Waals surface area contributed by atoms with Crippen LogP contribution in [-0.2, 0) is 24.2 Å². The molecule has 9 heteroatoms. The van der Waals surface area contributed by atoms with Gasteiger partial charge in [-0.05, 0) is 48.7 Å². The average Bonchev–Trinajstić information content (AvgIpc) is 3.34. The third-order valence-electron chi connectivity index (χ3n) is 4.30. The minimum atomic E-state index is -1.22. The second-order valence-electron chi connectivity index (χ2n) is 6.67. The fourth-order valence-electron chi connectivity index (χ4n) is 2.84. The van der Waals surface area contributed by atoms with E-state index in [-0.39, 0.29) is 18.1 Å². The minimum absolute atomic E-state index is 0.244. The van der Waals surface area contributed by atoms with E-state index < -0.39 is 5.97 Å². The molecule has 0 aliphatic heterocycles. The number of aromatic nitrogens is 1. The Morgan fingerprint density at radius 1 is 1.23 bits per heavy atom. The van der Waals surface area contributed by atoms with E-state index in [2.05, 4.69) is 22.5 Å². The van der Waals surface area contributed by atoms with E-state index in [9.17, 15) is 19.1 Å². The first-order valence-corrected chi connectivity index (χ1v) is 11.2. The predicted octanol–water partition coefficient (Wildman–Crippen LogP) is 3.84. The molecular formula is C21H21FN3O3S2-. The summed E-state index contributed by atoms with van der Waals surface area (Å²) in [5.41, 5.74) is 2.19. The molecule has 0 spiro atoms. The summed E-state index contributed by atoms with van der Waals surface area (Å²) in [5.74, 6) is -1.76. The van der Waals surface area contributed by atoms with Crippen molar-refractivity contribution in [3.63, 3.8) is 0 Å². The molecule has 0 unspecified atom stereocenters. The molecule has 0 bridgehead atoms. The van der Waals surface area contributed by atoms with E-state index in [1.165, 1.54) is 28.7 Å². The Hall–Kier alpha value is -2.78. The quantitative estimate of drug-likeness (QED) is 0.493. The average molecular weight is 447 g/mol. The number of benzene rings is 1. The third kappa shape index (κ3) is 6.11. The Morgan fingerprint density at radius 3 is 2.83 bits per heavy atom. The standard InChI is InChI=1S/C21H22FN3O3S2/c1-2-3-4-13-9-14(22)5-7-17(13)23-11-16-6-8-18(30-16)20(28)25-21-24-15(12-29-21)10-19(26)27/h5-9,12,23H,2-4,10-11H2,1H3,(H,26,27)(H,24,25,28)/p-1. The zero-order valence-electron chi connectivity index (χ0n) is 16.4. The molecule has 0 fully saturated rings. The van der Waals surface area contributed by atoms with Gasteiger partial charge >= 0.3 is 0 Å². The zero-order chi connectivity index (χ0) is 21.5. The number of rotatable bonds is 10. The number of carbonyl (C=O) groups is 2. The molecule has 1 amide bonds. The Labute approximate surface area is 181 Å². The largest absolute Gasteiger partial charge is 0.550 e. The molecule has 0 saturated carbocycles. The van der Waals surface area contributed by atoms with Gasteiger partial charge in [0.2, 0.25) is 0 Å². The lowest BCUT2D eigenvalue weighted by atomic mass is 10.1. The van der Waals surface area contributed by atoms with Crippen LogP contribution in [0.4, 0.5) is 15.2 Å². The number of hydrogen-bond acceptors (Lipinski definition) is 7. The maximum Gasteiger partial charge on any atom is 0.267 e. The highest BCUT2D eigenvalue weighted by Gasteiger charge is 2.12. The summed E-state index contributed by atoms with van der Waals surface area (Å²) >= 11 is 2.51. The summed E-state index contributed by atoms with van der Waals surface area (Å²) in [6, 6.07) is 8.34. The summed E-state index contributed by atoms with van der Waals surface area (Å²) in [5, 5.41) is 18.6. The summed E-state index contributed by atoms with van der Waals surface area (Å²) in [6.07, 6.45) is 2.54. The number of unbranched alkanes of at least 4 members (excludes halogenated alkanes) is 1. The summed E-state index contributed by atoms with van der Waals surface area (Å²) in [7, 11) is 0. The van der Waals surface area contributed by atoms with Crippen LogP contribution in [0.1, 0.15) is 45.6 Å². The molecular weight excluding hydrogens is 425 g/mol.